The number of aryl methyl sites for hydroxylation is 1. The van der Waals surface area contributed by atoms with E-state index in [1.54, 1.807) is 32.1 Å². The number of hydrogen-bond acceptors (Lipinski definition) is 7. The fraction of sp³-hybridized carbons (Fsp3) is 0.667. The van der Waals surface area contributed by atoms with Crippen molar-refractivity contribution >= 4 is 51.8 Å². The minimum Gasteiger partial charge on any atom is -0.457 e. The average molecular weight is 618 g/mol. The molecule has 1 aromatic heterocycles. The summed E-state index contributed by atoms with van der Waals surface area (Å²) < 4.78 is 6.72. The van der Waals surface area contributed by atoms with Gasteiger partial charge in [0.25, 0.3) is 0 Å². The van der Waals surface area contributed by atoms with Crippen LogP contribution in [0.4, 0.5) is 0 Å². The molecule has 2 rings (SSSR count). The Morgan fingerprint density at radius 2 is 2.00 bits per heavy atom. The van der Waals surface area contributed by atoms with E-state index in [-0.39, 0.29) is 18.1 Å². The van der Waals surface area contributed by atoms with E-state index in [0.717, 1.165) is 40.0 Å². The van der Waals surface area contributed by atoms with Crippen molar-refractivity contribution in [1.29, 1.82) is 0 Å². The first-order valence-electron chi connectivity index (χ1n) is 12.3. The molecule has 0 spiro atoms. The van der Waals surface area contributed by atoms with Gasteiger partial charge in [-0.25, -0.2) is 4.98 Å². The number of aliphatic hydroxyl groups excluding tert-OH is 2. The second kappa shape index (κ2) is 13.4. The number of allylic oxidation sites excluding steroid dienone is 1. The number of hydrogen-bond donors (Lipinski definition) is 2. The number of ketones is 1. The highest BCUT2D eigenvalue weighted by Gasteiger charge is 2.42. The fourth-order valence-electron chi connectivity index (χ4n) is 4.44. The van der Waals surface area contributed by atoms with Gasteiger partial charge in [-0.1, -0.05) is 61.9 Å². The first kappa shape index (κ1) is 30.1. The van der Waals surface area contributed by atoms with Gasteiger partial charge in [-0.05, 0) is 50.7 Å². The van der Waals surface area contributed by atoms with Crippen molar-refractivity contribution in [3.8, 4) is 0 Å². The van der Waals surface area contributed by atoms with E-state index in [1.165, 1.54) is 5.57 Å². The van der Waals surface area contributed by atoms with Crippen LogP contribution < -0.4 is 0 Å². The number of carbonyl (C=O) groups is 2. The molecule has 0 saturated heterocycles. The highest BCUT2D eigenvalue weighted by atomic mass is 127. The van der Waals surface area contributed by atoms with E-state index in [9.17, 15) is 19.8 Å². The van der Waals surface area contributed by atoms with Gasteiger partial charge in [0.1, 0.15) is 11.9 Å². The van der Waals surface area contributed by atoms with Crippen molar-refractivity contribution in [1.82, 2.24) is 4.98 Å². The van der Waals surface area contributed by atoms with Crippen LogP contribution in [0.1, 0.15) is 77.4 Å². The molecule has 0 saturated carbocycles. The summed E-state index contributed by atoms with van der Waals surface area (Å²) in [4.78, 5) is 30.6. The van der Waals surface area contributed by atoms with Crippen LogP contribution in [0.25, 0.3) is 6.08 Å². The van der Waals surface area contributed by atoms with E-state index >= 15 is 0 Å². The lowest BCUT2D eigenvalue weighted by Crippen LogP contribution is -2.45. The van der Waals surface area contributed by atoms with Crippen LogP contribution in [-0.4, -0.2) is 49.7 Å². The van der Waals surface area contributed by atoms with Gasteiger partial charge in [0.05, 0.1) is 34.7 Å². The molecule has 0 aliphatic carbocycles. The smallest absolute Gasteiger partial charge is 0.309 e. The number of aromatic nitrogens is 1. The highest BCUT2D eigenvalue weighted by Crippen LogP contribution is 2.32. The van der Waals surface area contributed by atoms with Crippen molar-refractivity contribution < 1.29 is 24.5 Å². The van der Waals surface area contributed by atoms with Crippen molar-refractivity contribution in [3.05, 3.63) is 33.3 Å². The molecule has 0 bridgehead atoms. The third-order valence-corrected chi connectivity index (χ3v) is 8.85. The van der Waals surface area contributed by atoms with Gasteiger partial charge in [-0.15, -0.1) is 11.3 Å². The van der Waals surface area contributed by atoms with Gasteiger partial charge in [0.15, 0.2) is 0 Å². The molecule has 196 valence electrons. The number of aliphatic hydroxyl groups is 2. The Balaban J connectivity index is 2.37. The summed E-state index contributed by atoms with van der Waals surface area (Å²) in [6, 6.07) is 0. The third kappa shape index (κ3) is 8.47. The van der Waals surface area contributed by atoms with Crippen LogP contribution in [-0.2, 0) is 14.3 Å². The summed E-state index contributed by atoms with van der Waals surface area (Å²) >= 11 is 3.91. The Bertz CT molecular complexity index is 938. The van der Waals surface area contributed by atoms with E-state index in [4.69, 9.17) is 4.74 Å². The summed E-state index contributed by atoms with van der Waals surface area (Å²) in [5.74, 6) is -1.49. The number of nitrogens with zero attached hydrogens (tertiary/aromatic N) is 1. The summed E-state index contributed by atoms with van der Waals surface area (Å²) in [5, 5.41) is 24.6. The Labute approximate surface area is 227 Å². The standard InChI is InChI=1S/C27H40INO5S/c1-16-8-7-9-20(14-28)10-11-22(17(2)12-21-15-35-19(4)29-21)34-24(31)13-23(30)27(5,6)26(33)18(3)25(16)32/h10,12,15-16,18,22-23,25,30,32H,7-9,11,13-14H2,1-6H3/b17-12+,20-10+/t16-,18+,22-,23-,25-/m0/s1. The second-order valence-electron chi connectivity index (χ2n) is 10.3. The maximum absolute atomic E-state index is 13.2. The molecule has 0 amide bonds. The number of alkyl halides is 1. The van der Waals surface area contributed by atoms with Gasteiger partial charge in [0.2, 0.25) is 0 Å². The molecule has 35 heavy (non-hydrogen) atoms. The number of ether oxygens (including phenoxy) is 1. The van der Waals surface area contributed by atoms with Crippen molar-refractivity contribution in [3.63, 3.8) is 0 Å². The lowest BCUT2D eigenvalue weighted by atomic mass is 9.73. The number of rotatable bonds is 3. The van der Waals surface area contributed by atoms with E-state index in [2.05, 4.69) is 33.7 Å². The Kier molecular flexibility index (Phi) is 11.6. The van der Waals surface area contributed by atoms with Gasteiger partial charge in [-0.2, -0.15) is 0 Å². The molecule has 6 nitrogen and oxygen atoms in total. The zero-order chi connectivity index (χ0) is 26.3. The minimum absolute atomic E-state index is 0.0466. The number of halogens is 1. The fourth-order valence-corrected chi connectivity index (χ4v) is 5.70. The van der Waals surface area contributed by atoms with E-state index < -0.39 is 35.6 Å². The summed E-state index contributed by atoms with van der Waals surface area (Å²) in [7, 11) is 0. The minimum atomic E-state index is -1.22. The van der Waals surface area contributed by atoms with Crippen LogP contribution in [0.3, 0.4) is 0 Å². The summed E-state index contributed by atoms with van der Waals surface area (Å²) in [6.07, 6.45) is 4.41. The van der Waals surface area contributed by atoms with Crippen molar-refractivity contribution in [2.75, 3.05) is 4.43 Å². The Morgan fingerprint density at radius 1 is 1.31 bits per heavy atom. The number of thiazole rings is 1. The molecule has 8 heteroatoms. The molecule has 5 atom stereocenters. The lowest BCUT2D eigenvalue weighted by Gasteiger charge is -2.34. The molecule has 2 heterocycles. The molecule has 1 aliphatic heterocycles. The van der Waals surface area contributed by atoms with Crippen molar-refractivity contribution in [2.45, 2.75) is 92.0 Å². The molecule has 0 aromatic carbocycles. The maximum atomic E-state index is 13.2. The predicted octanol–water partition coefficient (Wildman–Crippen LogP) is 5.68. The Hall–Kier alpha value is -1.10. The zero-order valence-electron chi connectivity index (χ0n) is 21.7. The molecular formula is C27H40INO5S. The van der Waals surface area contributed by atoms with Gasteiger partial charge < -0.3 is 14.9 Å². The first-order valence-corrected chi connectivity index (χ1v) is 14.7. The number of cyclic esters (lactones) is 1. The molecule has 0 radical (unpaired) electrons. The van der Waals surface area contributed by atoms with Gasteiger partial charge in [-0.3, -0.25) is 9.59 Å². The van der Waals surface area contributed by atoms with E-state index in [0.29, 0.717) is 6.42 Å². The molecule has 2 N–H and O–H groups in total. The molecule has 0 unspecified atom stereocenters. The van der Waals surface area contributed by atoms with Crippen LogP contribution in [0, 0.1) is 24.2 Å². The normalized spacial score (nSPS) is 31.5. The number of esters is 1. The van der Waals surface area contributed by atoms with Gasteiger partial charge in [0, 0.05) is 22.1 Å². The maximum Gasteiger partial charge on any atom is 0.309 e. The van der Waals surface area contributed by atoms with Crippen molar-refractivity contribution in [2.24, 2.45) is 17.3 Å². The van der Waals surface area contributed by atoms with Crippen LogP contribution >= 0.6 is 33.9 Å². The topological polar surface area (TPSA) is 96.7 Å². The average Bonchev–Trinajstić information content (AvgIpc) is 3.21. The lowest BCUT2D eigenvalue weighted by molar-refractivity contribution is -0.154. The number of carbonyl (C=O) groups excluding carboxylic acids is 2. The van der Waals surface area contributed by atoms with Crippen LogP contribution in [0.5, 0.6) is 0 Å². The third-order valence-electron chi connectivity index (χ3n) is 7.08. The van der Waals surface area contributed by atoms with Crippen LogP contribution in [0.15, 0.2) is 22.6 Å². The second-order valence-corrected chi connectivity index (χ2v) is 12.2. The first-order chi connectivity index (χ1) is 16.4. The summed E-state index contributed by atoms with van der Waals surface area (Å²) in [6.45, 7) is 10.8. The van der Waals surface area contributed by atoms with E-state index in [1.807, 2.05) is 32.2 Å². The SMILES string of the molecule is C/C(=C\c1csc(C)n1)[C@@H]1C/C=C(/CI)CCC[C@H](C)[C@H](O)[C@@H](C)C(=O)C(C)(C)[C@@H](O)CC(=O)O1. The largest absolute Gasteiger partial charge is 0.457 e. The predicted molar refractivity (Wildman–Crippen MR) is 150 cm³/mol. The summed E-state index contributed by atoms with van der Waals surface area (Å²) in [5.41, 5.74) is 1.79. The highest BCUT2D eigenvalue weighted by molar-refractivity contribution is 14.1. The molecule has 1 aliphatic rings. The molecule has 1 aromatic rings. The zero-order valence-corrected chi connectivity index (χ0v) is 24.7. The Morgan fingerprint density at radius 3 is 2.60 bits per heavy atom. The molecular weight excluding hydrogens is 577 g/mol. The molecule has 0 fully saturated rings. The monoisotopic (exact) mass is 617 g/mol. The number of Topliss-reactive ketones (excluding diaryl/α,β-unsaturated/α-hetero) is 1. The van der Waals surface area contributed by atoms with Gasteiger partial charge >= 0.3 is 5.97 Å². The van der Waals surface area contributed by atoms with Crippen LogP contribution in [0.2, 0.25) is 0 Å². The quantitative estimate of drug-likeness (QED) is 0.196.